The van der Waals surface area contributed by atoms with Crippen LogP contribution in [-0.2, 0) is 4.74 Å². The minimum Gasteiger partial charge on any atom is -0.382 e. The summed E-state index contributed by atoms with van der Waals surface area (Å²) in [5.41, 5.74) is 6.51. The highest BCUT2D eigenvalue weighted by Gasteiger charge is 2.30. The first kappa shape index (κ1) is 13.8. The molecule has 0 saturated heterocycles. The summed E-state index contributed by atoms with van der Waals surface area (Å²) in [5.74, 6) is -1.04. The van der Waals surface area contributed by atoms with Gasteiger partial charge in [0.15, 0.2) is 0 Å². The molecule has 0 bridgehead atoms. The summed E-state index contributed by atoms with van der Waals surface area (Å²) < 4.78 is 19.2. The van der Waals surface area contributed by atoms with Crippen molar-refractivity contribution in [1.29, 1.82) is 0 Å². The minimum absolute atomic E-state index is 0.186. The molecule has 0 spiro atoms. The van der Waals surface area contributed by atoms with Crippen molar-refractivity contribution in [3.05, 3.63) is 29.1 Å². The lowest BCUT2D eigenvalue weighted by molar-refractivity contribution is 0.00297. The highest BCUT2D eigenvalue weighted by Crippen LogP contribution is 2.29. The van der Waals surface area contributed by atoms with Gasteiger partial charge in [-0.05, 0) is 38.8 Å². The molecule has 1 aliphatic rings. The third kappa shape index (κ3) is 3.04. The Morgan fingerprint density at radius 1 is 1.53 bits per heavy atom. The van der Waals surface area contributed by atoms with Crippen molar-refractivity contribution < 1.29 is 13.9 Å². The minimum atomic E-state index is -0.622. The van der Waals surface area contributed by atoms with Crippen molar-refractivity contribution in [2.24, 2.45) is 5.73 Å². The first-order chi connectivity index (χ1) is 9.01. The normalized spacial score (nSPS) is 21.8. The molecule has 0 unspecified atom stereocenters. The number of carbonyl (C=O) groups is 1. The molecule has 1 fully saturated rings. The summed E-state index contributed by atoms with van der Waals surface area (Å²) in [6.07, 6.45) is 2.08. The molecule has 1 aliphatic carbocycles. The Hall–Kier alpha value is -1.62. The first-order valence-corrected chi connectivity index (χ1v) is 6.49. The quantitative estimate of drug-likeness (QED) is 0.858. The van der Waals surface area contributed by atoms with Crippen LogP contribution in [0.25, 0.3) is 0 Å². The molecular formula is C14H19FN2O2. The fourth-order valence-corrected chi connectivity index (χ4v) is 2.25. The van der Waals surface area contributed by atoms with Crippen LogP contribution in [0.5, 0.6) is 0 Å². The number of nitrogens with two attached hydrogens (primary N) is 1. The van der Waals surface area contributed by atoms with Crippen molar-refractivity contribution in [3.63, 3.8) is 0 Å². The van der Waals surface area contributed by atoms with Gasteiger partial charge in [0.25, 0.3) is 0 Å². The summed E-state index contributed by atoms with van der Waals surface area (Å²) >= 11 is 0. The van der Waals surface area contributed by atoms with Crippen molar-refractivity contribution in [2.75, 3.05) is 11.9 Å². The van der Waals surface area contributed by atoms with Crippen LogP contribution in [0.1, 0.15) is 35.7 Å². The smallest absolute Gasteiger partial charge is 0.248 e. The molecule has 0 radical (unpaired) electrons. The highest BCUT2D eigenvalue weighted by molar-refractivity contribution is 5.94. The number of carbonyl (C=O) groups excluding carboxylic acids is 1. The third-order valence-corrected chi connectivity index (χ3v) is 3.49. The molecule has 1 saturated carbocycles. The first-order valence-electron chi connectivity index (χ1n) is 6.49. The average molecular weight is 266 g/mol. The van der Waals surface area contributed by atoms with Crippen molar-refractivity contribution in [1.82, 2.24) is 0 Å². The Morgan fingerprint density at radius 3 is 2.79 bits per heavy atom. The highest BCUT2D eigenvalue weighted by atomic mass is 19.1. The molecule has 19 heavy (non-hydrogen) atoms. The van der Waals surface area contributed by atoms with E-state index in [-0.39, 0.29) is 17.7 Å². The van der Waals surface area contributed by atoms with Gasteiger partial charge in [0.2, 0.25) is 5.91 Å². The van der Waals surface area contributed by atoms with Crippen LogP contribution in [0.3, 0.4) is 0 Å². The zero-order valence-corrected chi connectivity index (χ0v) is 11.2. The van der Waals surface area contributed by atoms with E-state index in [4.69, 9.17) is 10.5 Å². The molecule has 2 rings (SSSR count). The number of halogens is 1. The summed E-state index contributed by atoms with van der Waals surface area (Å²) in [6.45, 7) is 4.36. The zero-order chi connectivity index (χ0) is 14.0. The molecule has 4 nitrogen and oxygen atoms in total. The number of nitrogens with one attached hydrogen (secondary N) is 1. The van der Waals surface area contributed by atoms with E-state index in [0.717, 1.165) is 12.8 Å². The van der Waals surface area contributed by atoms with E-state index in [2.05, 4.69) is 5.32 Å². The van der Waals surface area contributed by atoms with Gasteiger partial charge < -0.3 is 15.8 Å². The average Bonchev–Trinajstić information content (AvgIpc) is 2.31. The molecule has 0 aromatic heterocycles. The van der Waals surface area contributed by atoms with Crippen LogP contribution in [-0.4, -0.2) is 24.7 Å². The fraction of sp³-hybridized carbons (Fsp3) is 0.500. The van der Waals surface area contributed by atoms with E-state index >= 15 is 0 Å². The van der Waals surface area contributed by atoms with Crippen molar-refractivity contribution >= 4 is 11.6 Å². The lowest BCUT2D eigenvalue weighted by Crippen LogP contribution is -2.41. The van der Waals surface area contributed by atoms with E-state index in [9.17, 15) is 9.18 Å². The van der Waals surface area contributed by atoms with Crippen molar-refractivity contribution in [2.45, 2.75) is 38.8 Å². The monoisotopic (exact) mass is 266 g/mol. The predicted molar refractivity (Wildman–Crippen MR) is 71.7 cm³/mol. The lowest BCUT2D eigenvalue weighted by atomic mass is 9.88. The second-order valence-electron chi connectivity index (χ2n) is 4.88. The largest absolute Gasteiger partial charge is 0.382 e. The molecule has 0 heterocycles. The SMILES string of the molecule is CCOC1CC(Nc2cc(C(N)=O)cc(F)c2C)C1. The van der Waals surface area contributed by atoms with Gasteiger partial charge in [-0.3, -0.25) is 4.79 Å². The number of ether oxygens (including phenoxy) is 1. The van der Waals surface area contributed by atoms with Crippen LogP contribution in [0, 0.1) is 12.7 Å². The van der Waals surface area contributed by atoms with Crippen LogP contribution in [0.15, 0.2) is 12.1 Å². The molecule has 104 valence electrons. The Labute approximate surface area is 112 Å². The molecule has 1 amide bonds. The van der Waals surface area contributed by atoms with Gasteiger partial charge in [0, 0.05) is 29.5 Å². The second kappa shape index (κ2) is 5.57. The number of benzene rings is 1. The Bertz CT molecular complexity index is 485. The van der Waals surface area contributed by atoms with E-state index in [1.165, 1.54) is 6.07 Å². The van der Waals surface area contributed by atoms with E-state index in [0.29, 0.717) is 17.9 Å². The Kier molecular flexibility index (Phi) is 4.04. The maximum atomic E-state index is 13.7. The molecule has 3 N–H and O–H groups in total. The maximum absolute atomic E-state index is 13.7. The van der Waals surface area contributed by atoms with Gasteiger partial charge in [0.05, 0.1) is 6.10 Å². The van der Waals surface area contributed by atoms with Crippen LogP contribution >= 0.6 is 0 Å². The fourth-order valence-electron chi connectivity index (χ4n) is 2.25. The van der Waals surface area contributed by atoms with Crippen LogP contribution < -0.4 is 11.1 Å². The standard InChI is InChI=1S/C14H19FN2O2/c1-3-19-11-6-10(7-11)17-13-5-9(14(16)18)4-12(15)8(13)2/h4-5,10-11,17H,3,6-7H2,1-2H3,(H2,16,18). The number of amides is 1. The van der Waals surface area contributed by atoms with Gasteiger partial charge in [-0.15, -0.1) is 0 Å². The Morgan fingerprint density at radius 2 is 2.21 bits per heavy atom. The van der Waals surface area contributed by atoms with Crippen LogP contribution in [0.2, 0.25) is 0 Å². The van der Waals surface area contributed by atoms with Crippen molar-refractivity contribution in [3.8, 4) is 0 Å². The second-order valence-corrected chi connectivity index (χ2v) is 4.88. The molecule has 0 atom stereocenters. The predicted octanol–water partition coefficient (Wildman–Crippen LogP) is 2.21. The number of hydrogen-bond donors (Lipinski definition) is 2. The summed E-state index contributed by atoms with van der Waals surface area (Å²) in [6, 6.07) is 3.04. The van der Waals surface area contributed by atoms with E-state index in [1.54, 1.807) is 13.0 Å². The van der Waals surface area contributed by atoms with E-state index in [1.807, 2.05) is 6.92 Å². The molecule has 1 aromatic rings. The lowest BCUT2D eigenvalue weighted by Gasteiger charge is -2.36. The number of anilines is 1. The zero-order valence-electron chi connectivity index (χ0n) is 11.2. The van der Waals surface area contributed by atoms with Gasteiger partial charge in [-0.2, -0.15) is 0 Å². The van der Waals surface area contributed by atoms with Crippen LogP contribution in [0.4, 0.5) is 10.1 Å². The molecule has 1 aromatic carbocycles. The number of rotatable bonds is 5. The summed E-state index contributed by atoms with van der Waals surface area (Å²) in [5, 5.41) is 3.24. The summed E-state index contributed by atoms with van der Waals surface area (Å²) in [7, 11) is 0. The van der Waals surface area contributed by atoms with Gasteiger partial charge in [0.1, 0.15) is 5.82 Å². The number of hydrogen-bond acceptors (Lipinski definition) is 3. The van der Waals surface area contributed by atoms with E-state index < -0.39 is 11.7 Å². The molecular weight excluding hydrogens is 247 g/mol. The number of primary amides is 1. The Balaban J connectivity index is 2.06. The molecule has 0 aliphatic heterocycles. The summed E-state index contributed by atoms with van der Waals surface area (Å²) in [4.78, 5) is 11.1. The topological polar surface area (TPSA) is 64.3 Å². The molecule has 5 heteroatoms. The maximum Gasteiger partial charge on any atom is 0.248 e. The van der Waals surface area contributed by atoms with Gasteiger partial charge in [-0.1, -0.05) is 0 Å². The van der Waals surface area contributed by atoms with Gasteiger partial charge in [-0.25, -0.2) is 4.39 Å². The third-order valence-electron chi connectivity index (χ3n) is 3.49. The van der Waals surface area contributed by atoms with Gasteiger partial charge >= 0.3 is 0 Å².